The molecule has 0 fully saturated rings. The Morgan fingerprint density at radius 3 is 2.90 bits per heavy atom. The number of carbonyl (C=O) groups excluding carboxylic acids is 1. The summed E-state index contributed by atoms with van der Waals surface area (Å²) < 4.78 is 1.72. The molecule has 0 radical (unpaired) electrons. The smallest absolute Gasteiger partial charge is 0.288 e. The number of aryl methyl sites for hydroxylation is 1. The number of aromatic nitrogens is 4. The number of fused-ring (bicyclic) bond motifs is 1. The molecule has 11 heteroatoms. The van der Waals surface area contributed by atoms with Crippen molar-refractivity contribution in [2.75, 3.05) is 5.32 Å². The number of halogens is 1. The van der Waals surface area contributed by atoms with E-state index in [2.05, 4.69) is 20.6 Å². The minimum Gasteiger partial charge on any atom is -0.322 e. The van der Waals surface area contributed by atoms with Crippen LogP contribution in [0.2, 0.25) is 5.02 Å². The molecule has 0 aliphatic rings. The van der Waals surface area contributed by atoms with Crippen LogP contribution in [0.15, 0.2) is 48.5 Å². The summed E-state index contributed by atoms with van der Waals surface area (Å²) >= 11 is 7.22. The monoisotopic (exact) mass is 454 g/mol. The van der Waals surface area contributed by atoms with E-state index in [0.717, 1.165) is 22.8 Å². The Balaban J connectivity index is 1.50. The van der Waals surface area contributed by atoms with Crippen LogP contribution in [0.1, 0.15) is 18.3 Å². The van der Waals surface area contributed by atoms with Gasteiger partial charge in [0, 0.05) is 29.8 Å². The van der Waals surface area contributed by atoms with E-state index in [4.69, 9.17) is 11.6 Å². The molecular weight excluding hydrogens is 440 g/mol. The van der Waals surface area contributed by atoms with Crippen molar-refractivity contribution in [2.24, 2.45) is 0 Å². The lowest BCUT2D eigenvalue weighted by molar-refractivity contribution is -0.384. The maximum absolute atomic E-state index is 12.3. The van der Waals surface area contributed by atoms with Gasteiger partial charge in [-0.05, 0) is 29.8 Å². The SMILES string of the molecule is CCc1nnc2sc(-c3cccc(NC(=O)/C=C/c4ccc(Cl)c([N+](=O)[O-])c4)c3)nn12. The van der Waals surface area contributed by atoms with Crippen molar-refractivity contribution in [1.82, 2.24) is 19.8 Å². The quantitative estimate of drug-likeness (QED) is 0.258. The number of nitrogens with one attached hydrogen (secondary N) is 1. The number of rotatable bonds is 6. The van der Waals surface area contributed by atoms with Gasteiger partial charge in [0.2, 0.25) is 10.9 Å². The van der Waals surface area contributed by atoms with Crippen LogP contribution in [-0.2, 0) is 11.2 Å². The molecule has 156 valence electrons. The van der Waals surface area contributed by atoms with Crippen molar-refractivity contribution in [3.8, 4) is 10.6 Å². The Labute approximate surface area is 185 Å². The zero-order valence-corrected chi connectivity index (χ0v) is 17.7. The van der Waals surface area contributed by atoms with Crippen molar-refractivity contribution in [3.63, 3.8) is 0 Å². The minimum absolute atomic E-state index is 0.0415. The first-order chi connectivity index (χ1) is 14.9. The molecule has 0 bridgehead atoms. The summed E-state index contributed by atoms with van der Waals surface area (Å²) in [5, 5.41) is 27.3. The molecule has 1 N–H and O–H groups in total. The molecule has 4 aromatic rings. The Kier molecular flexibility index (Phi) is 5.74. The second-order valence-corrected chi connectivity index (χ2v) is 7.81. The van der Waals surface area contributed by atoms with Gasteiger partial charge in [0.05, 0.1) is 4.92 Å². The summed E-state index contributed by atoms with van der Waals surface area (Å²) in [7, 11) is 0. The molecule has 0 atom stereocenters. The van der Waals surface area contributed by atoms with Crippen LogP contribution in [0.3, 0.4) is 0 Å². The van der Waals surface area contributed by atoms with Gasteiger partial charge in [-0.2, -0.15) is 9.61 Å². The maximum atomic E-state index is 12.3. The van der Waals surface area contributed by atoms with Crippen LogP contribution in [0.25, 0.3) is 21.6 Å². The largest absolute Gasteiger partial charge is 0.322 e. The van der Waals surface area contributed by atoms with Gasteiger partial charge in [-0.25, -0.2) is 0 Å². The minimum atomic E-state index is -0.569. The number of hydrogen-bond acceptors (Lipinski definition) is 7. The topological polar surface area (TPSA) is 115 Å². The Morgan fingerprint density at radius 1 is 1.29 bits per heavy atom. The first-order valence-electron chi connectivity index (χ1n) is 9.19. The number of carbonyl (C=O) groups is 1. The Hall–Kier alpha value is -3.63. The lowest BCUT2D eigenvalue weighted by atomic mass is 10.2. The maximum Gasteiger partial charge on any atom is 0.288 e. The van der Waals surface area contributed by atoms with E-state index in [9.17, 15) is 14.9 Å². The van der Waals surface area contributed by atoms with E-state index in [1.165, 1.54) is 35.6 Å². The molecule has 4 rings (SSSR count). The molecule has 0 saturated heterocycles. The third-order valence-corrected chi connectivity index (χ3v) is 5.61. The zero-order valence-electron chi connectivity index (χ0n) is 16.2. The van der Waals surface area contributed by atoms with Crippen molar-refractivity contribution < 1.29 is 9.72 Å². The average molecular weight is 455 g/mol. The highest BCUT2D eigenvalue weighted by Gasteiger charge is 2.13. The number of amides is 1. The number of anilines is 1. The van der Waals surface area contributed by atoms with Gasteiger partial charge in [0.15, 0.2) is 5.82 Å². The Morgan fingerprint density at radius 2 is 2.13 bits per heavy atom. The fourth-order valence-corrected chi connectivity index (χ4v) is 3.89. The van der Waals surface area contributed by atoms with Crippen molar-refractivity contribution in [2.45, 2.75) is 13.3 Å². The first kappa shape index (κ1) is 20.6. The number of hydrogen-bond donors (Lipinski definition) is 1. The second kappa shape index (κ2) is 8.62. The standard InChI is InChI=1S/C20H15ClN6O3S/c1-2-17-23-24-20-26(17)25-19(31-20)13-4-3-5-14(11-13)22-18(28)9-7-12-6-8-15(21)16(10-12)27(29)30/h3-11H,2H2,1H3,(H,22,28)/b9-7+. The highest BCUT2D eigenvalue weighted by Crippen LogP contribution is 2.28. The number of benzene rings is 2. The molecule has 2 aromatic heterocycles. The summed E-state index contributed by atoms with van der Waals surface area (Å²) in [4.78, 5) is 23.4. The van der Waals surface area contributed by atoms with Gasteiger partial charge in [0.25, 0.3) is 5.69 Å². The van der Waals surface area contributed by atoms with E-state index in [1.807, 2.05) is 25.1 Å². The predicted molar refractivity (Wildman–Crippen MR) is 119 cm³/mol. The summed E-state index contributed by atoms with van der Waals surface area (Å²) in [5.41, 5.74) is 1.71. The van der Waals surface area contributed by atoms with Crippen molar-refractivity contribution in [3.05, 3.63) is 75.1 Å². The molecule has 1 amide bonds. The molecule has 0 unspecified atom stereocenters. The van der Waals surface area contributed by atoms with E-state index >= 15 is 0 Å². The van der Waals surface area contributed by atoms with Crippen LogP contribution < -0.4 is 5.32 Å². The third kappa shape index (κ3) is 4.44. The Bertz CT molecular complexity index is 1330. The van der Waals surface area contributed by atoms with Gasteiger partial charge in [-0.3, -0.25) is 14.9 Å². The fraction of sp³-hybridized carbons (Fsp3) is 0.100. The van der Waals surface area contributed by atoms with Gasteiger partial charge in [-0.15, -0.1) is 10.2 Å². The normalized spacial score (nSPS) is 11.3. The lowest BCUT2D eigenvalue weighted by Gasteiger charge is -2.04. The fourth-order valence-electron chi connectivity index (χ4n) is 2.85. The van der Waals surface area contributed by atoms with E-state index in [0.29, 0.717) is 16.2 Å². The van der Waals surface area contributed by atoms with E-state index in [1.54, 1.807) is 16.6 Å². The third-order valence-electron chi connectivity index (χ3n) is 4.34. The van der Waals surface area contributed by atoms with E-state index < -0.39 is 4.92 Å². The molecule has 0 aliphatic heterocycles. The second-order valence-electron chi connectivity index (χ2n) is 6.44. The zero-order chi connectivity index (χ0) is 22.0. The molecule has 0 aliphatic carbocycles. The molecule has 0 saturated carbocycles. The lowest BCUT2D eigenvalue weighted by Crippen LogP contribution is -2.07. The highest BCUT2D eigenvalue weighted by molar-refractivity contribution is 7.19. The van der Waals surface area contributed by atoms with Crippen LogP contribution in [0.4, 0.5) is 11.4 Å². The summed E-state index contributed by atoms with van der Waals surface area (Å²) in [5.74, 6) is 0.413. The molecule has 2 aromatic carbocycles. The van der Waals surface area contributed by atoms with Crippen LogP contribution >= 0.6 is 22.9 Å². The predicted octanol–water partition coefficient (Wildman–Crippen LogP) is 4.63. The van der Waals surface area contributed by atoms with Crippen LogP contribution in [-0.4, -0.2) is 30.6 Å². The molecule has 31 heavy (non-hydrogen) atoms. The van der Waals surface area contributed by atoms with Crippen molar-refractivity contribution >= 4 is 51.3 Å². The van der Waals surface area contributed by atoms with Gasteiger partial charge >= 0.3 is 0 Å². The molecule has 9 nitrogen and oxygen atoms in total. The van der Waals surface area contributed by atoms with Gasteiger partial charge in [0.1, 0.15) is 10.0 Å². The molecule has 0 spiro atoms. The van der Waals surface area contributed by atoms with Crippen molar-refractivity contribution in [1.29, 1.82) is 0 Å². The summed E-state index contributed by atoms with van der Waals surface area (Å²) in [6, 6.07) is 11.6. The summed E-state index contributed by atoms with van der Waals surface area (Å²) in [6.07, 6.45) is 3.51. The molecular formula is C20H15ClN6O3S. The summed E-state index contributed by atoms with van der Waals surface area (Å²) in [6.45, 7) is 1.99. The van der Waals surface area contributed by atoms with Crippen LogP contribution in [0.5, 0.6) is 0 Å². The first-order valence-corrected chi connectivity index (χ1v) is 10.4. The van der Waals surface area contributed by atoms with Gasteiger partial charge in [-0.1, -0.05) is 48.1 Å². The van der Waals surface area contributed by atoms with Gasteiger partial charge < -0.3 is 5.32 Å². The van der Waals surface area contributed by atoms with Crippen LogP contribution in [0, 0.1) is 10.1 Å². The van der Waals surface area contributed by atoms with E-state index in [-0.39, 0.29) is 16.6 Å². The average Bonchev–Trinajstić information content (AvgIpc) is 3.34. The number of nitrogens with zero attached hydrogens (tertiary/aromatic N) is 5. The number of nitro benzene ring substituents is 1. The highest BCUT2D eigenvalue weighted by atomic mass is 35.5. The number of nitro groups is 1. The molecule has 2 heterocycles.